The van der Waals surface area contributed by atoms with Gasteiger partial charge in [-0.1, -0.05) is 12.1 Å². The normalized spacial score (nSPS) is 12.1. The first kappa shape index (κ1) is 24.0. The van der Waals surface area contributed by atoms with Crippen LogP contribution in [-0.4, -0.2) is 35.6 Å². The highest BCUT2D eigenvalue weighted by atomic mass is 32.2. The molecule has 0 saturated heterocycles. The summed E-state index contributed by atoms with van der Waals surface area (Å²) < 4.78 is 60.6. The van der Waals surface area contributed by atoms with Gasteiger partial charge in [0.1, 0.15) is 15.8 Å². The van der Waals surface area contributed by atoms with Crippen LogP contribution in [0.15, 0.2) is 34.5 Å². The Balaban J connectivity index is 1.66. The van der Waals surface area contributed by atoms with Crippen molar-refractivity contribution < 1.29 is 31.2 Å². The van der Waals surface area contributed by atoms with Crippen molar-refractivity contribution in [3.05, 3.63) is 50.9 Å². The summed E-state index contributed by atoms with van der Waals surface area (Å²) >= 11 is 2.57. The molecule has 0 unspecified atom stereocenters. The van der Waals surface area contributed by atoms with Crippen LogP contribution < -0.4 is 5.73 Å². The lowest BCUT2D eigenvalue weighted by atomic mass is 10.1. The van der Waals surface area contributed by atoms with Gasteiger partial charge in [0.05, 0.1) is 34.0 Å². The molecule has 1 amide bonds. The fourth-order valence-corrected chi connectivity index (χ4v) is 5.47. The predicted molar refractivity (Wildman–Crippen MR) is 113 cm³/mol. The molecule has 0 aliphatic carbocycles. The second kappa shape index (κ2) is 9.08. The summed E-state index contributed by atoms with van der Waals surface area (Å²) in [4.78, 5) is 32.1. The van der Waals surface area contributed by atoms with Crippen molar-refractivity contribution in [2.75, 3.05) is 0 Å². The minimum Gasteiger partial charge on any atom is -0.369 e. The van der Waals surface area contributed by atoms with Gasteiger partial charge in [0.2, 0.25) is 5.91 Å². The van der Waals surface area contributed by atoms with Crippen molar-refractivity contribution in [2.45, 2.75) is 36.6 Å². The minimum atomic E-state index is -5.43. The SMILES string of the molecule is Cc1nc(CC(N)=O)sc1-c1csc(CC(=O)Cc2ccc(S(=O)(=O)C(F)(F)F)cc2)n1. The summed E-state index contributed by atoms with van der Waals surface area (Å²) in [6, 6.07) is 4.04. The van der Waals surface area contributed by atoms with Gasteiger partial charge in [-0.3, -0.25) is 9.59 Å². The van der Waals surface area contributed by atoms with E-state index >= 15 is 0 Å². The summed E-state index contributed by atoms with van der Waals surface area (Å²) in [5.74, 6) is -0.716. The van der Waals surface area contributed by atoms with E-state index in [0.717, 1.165) is 17.0 Å². The molecule has 2 heterocycles. The van der Waals surface area contributed by atoms with Crippen molar-refractivity contribution in [1.82, 2.24) is 9.97 Å². The number of hydrogen-bond donors (Lipinski definition) is 1. The zero-order valence-electron chi connectivity index (χ0n) is 16.5. The van der Waals surface area contributed by atoms with E-state index in [1.807, 2.05) is 0 Å². The number of carbonyl (C=O) groups excluding carboxylic acids is 2. The number of carbonyl (C=O) groups is 2. The van der Waals surface area contributed by atoms with E-state index in [2.05, 4.69) is 9.97 Å². The van der Waals surface area contributed by atoms with E-state index in [0.29, 0.717) is 27.0 Å². The van der Waals surface area contributed by atoms with Gasteiger partial charge in [0.25, 0.3) is 9.84 Å². The molecule has 0 spiro atoms. The Bertz CT molecular complexity index is 1260. The molecule has 0 bridgehead atoms. The van der Waals surface area contributed by atoms with Crippen LogP contribution in [0, 0.1) is 6.92 Å². The summed E-state index contributed by atoms with van der Waals surface area (Å²) in [7, 11) is -5.43. The lowest BCUT2D eigenvalue weighted by Gasteiger charge is -2.08. The predicted octanol–water partition coefficient (Wildman–Crippen LogP) is 3.25. The average molecular weight is 504 g/mol. The molecule has 1 aromatic carbocycles. The molecule has 13 heteroatoms. The number of nitrogens with zero attached hydrogens (tertiary/aromatic N) is 2. The number of sulfone groups is 1. The van der Waals surface area contributed by atoms with Crippen LogP contribution in [-0.2, 0) is 38.7 Å². The maximum atomic E-state index is 12.6. The third-order valence-corrected chi connectivity index (χ3v) is 7.77. The number of halogens is 3. The summed E-state index contributed by atoms with van der Waals surface area (Å²) in [5, 5.41) is 2.89. The van der Waals surface area contributed by atoms with Gasteiger partial charge in [-0.25, -0.2) is 18.4 Å². The molecule has 170 valence electrons. The highest BCUT2D eigenvalue weighted by molar-refractivity contribution is 7.92. The van der Waals surface area contributed by atoms with Crippen LogP contribution in [0.1, 0.15) is 21.3 Å². The fourth-order valence-electron chi connectivity index (χ4n) is 2.79. The number of primary amides is 1. The van der Waals surface area contributed by atoms with Crippen LogP contribution in [0.25, 0.3) is 10.6 Å². The molecule has 0 saturated carbocycles. The third kappa shape index (κ3) is 5.40. The Hall–Kier alpha value is -2.64. The number of nitrogens with two attached hydrogens (primary N) is 1. The number of aryl methyl sites for hydroxylation is 1. The number of hydrogen-bond acceptors (Lipinski definition) is 8. The average Bonchev–Trinajstić information content (AvgIpc) is 3.26. The summed E-state index contributed by atoms with van der Waals surface area (Å²) in [6.07, 6.45) is -0.0348. The molecule has 2 aromatic heterocycles. The van der Waals surface area contributed by atoms with E-state index < -0.39 is 26.1 Å². The third-order valence-electron chi connectivity index (χ3n) is 4.24. The number of benzene rings is 1. The maximum Gasteiger partial charge on any atom is 0.501 e. The first-order valence-corrected chi connectivity index (χ1v) is 12.2. The van der Waals surface area contributed by atoms with E-state index in [1.165, 1.54) is 34.8 Å². The number of amides is 1. The number of aromatic nitrogens is 2. The van der Waals surface area contributed by atoms with Gasteiger partial charge in [-0.2, -0.15) is 13.2 Å². The molecule has 0 aliphatic rings. The highest BCUT2D eigenvalue weighted by Crippen LogP contribution is 2.32. The van der Waals surface area contributed by atoms with Crippen molar-refractivity contribution in [3.63, 3.8) is 0 Å². The molecule has 7 nitrogen and oxygen atoms in total. The fraction of sp³-hybridized carbons (Fsp3) is 0.263. The molecule has 0 atom stereocenters. The Labute approximate surface area is 189 Å². The molecular formula is C19H16F3N3O4S3. The van der Waals surface area contributed by atoms with Crippen molar-refractivity contribution in [2.24, 2.45) is 5.73 Å². The van der Waals surface area contributed by atoms with Gasteiger partial charge < -0.3 is 5.73 Å². The molecule has 0 fully saturated rings. The second-order valence-corrected chi connectivity index (χ2v) is 10.7. The smallest absolute Gasteiger partial charge is 0.369 e. The van der Waals surface area contributed by atoms with E-state index in [4.69, 9.17) is 5.73 Å². The standard InChI is InChI=1S/C19H16F3N3O4S3/c1-10-18(31-17(24-10)8-15(23)27)14-9-30-16(25-14)7-12(26)6-11-2-4-13(5-3-11)32(28,29)19(20,21)22/h2-5,9H,6-8H2,1H3,(H2,23,27). The molecule has 0 aliphatic heterocycles. The van der Waals surface area contributed by atoms with E-state index in [9.17, 15) is 31.2 Å². The maximum absolute atomic E-state index is 12.6. The Kier molecular flexibility index (Phi) is 6.81. The van der Waals surface area contributed by atoms with Crippen LogP contribution in [0.3, 0.4) is 0 Å². The molecule has 3 rings (SSSR count). The zero-order chi connectivity index (χ0) is 23.7. The molecule has 2 N–H and O–H groups in total. The number of rotatable bonds is 8. The lowest BCUT2D eigenvalue weighted by Crippen LogP contribution is -2.23. The molecule has 0 radical (unpaired) electrons. The number of ketones is 1. The van der Waals surface area contributed by atoms with E-state index in [1.54, 1.807) is 12.3 Å². The number of alkyl halides is 3. The van der Waals surface area contributed by atoms with Gasteiger partial charge in [-0.05, 0) is 24.6 Å². The number of Topliss-reactive ketones (excluding diaryl/α,β-unsaturated/α-hetero) is 1. The molecule has 3 aromatic rings. The Morgan fingerprint density at radius 1 is 1.03 bits per heavy atom. The van der Waals surface area contributed by atoms with Gasteiger partial charge in [-0.15, -0.1) is 22.7 Å². The largest absolute Gasteiger partial charge is 0.501 e. The Morgan fingerprint density at radius 3 is 2.28 bits per heavy atom. The second-order valence-electron chi connectivity index (χ2n) is 6.78. The van der Waals surface area contributed by atoms with Crippen molar-refractivity contribution >= 4 is 44.2 Å². The number of thiazole rings is 2. The molecular weight excluding hydrogens is 487 g/mol. The van der Waals surface area contributed by atoms with Crippen LogP contribution in [0.5, 0.6) is 0 Å². The summed E-state index contributed by atoms with van der Waals surface area (Å²) in [5.41, 5.74) is 1.52. The minimum absolute atomic E-state index is 0.0132. The summed E-state index contributed by atoms with van der Waals surface area (Å²) in [6.45, 7) is 1.78. The van der Waals surface area contributed by atoms with Gasteiger partial charge in [0, 0.05) is 11.8 Å². The molecule has 32 heavy (non-hydrogen) atoms. The highest BCUT2D eigenvalue weighted by Gasteiger charge is 2.46. The van der Waals surface area contributed by atoms with Crippen LogP contribution >= 0.6 is 22.7 Å². The zero-order valence-corrected chi connectivity index (χ0v) is 18.9. The van der Waals surface area contributed by atoms with E-state index in [-0.39, 0.29) is 25.0 Å². The van der Waals surface area contributed by atoms with Crippen LogP contribution in [0.2, 0.25) is 0 Å². The Morgan fingerprint density at radius 2 is 1.69 bits per heavy atom. The van der Waals surface area contributed by atoms with Crippen molar-refractivity contribution in [1.29, 1.82) is 0 Å². The van der Waals surface area contributed by atoms with Crippen molar-refractivity contribution in [3.8, 4) is 10.6 Å². The first-order chi connectivity index (χ1) is 14.9. The topological polar surface area (TPSA) is 120 Å². The van der Waals surface area contributed by atoms with Gasteiger partial charge in [0.15, 0.2) is 0 Å². The quantitative estimate of drug-likeness (QED) is 0.504. The lowest BCUT2D eigenvalue weighted by molar-refractivity contribution is -0.118. The first-order valence-electron chi connectivity index (χ1n) is 8.98. The van der Waals surface area contributed by atoms with Gasteiger partial charge >= 0.3 is 5.51 Å². The van der Waals surface area contributed by atoms with Crippen LogP contribution in [0.4, 0.5) is 13.2 Å². The monoisotopic (exact) mass is 503 g/mol.